The van der Waals surface area contributed by atoms with Crippen LogP contribution >= 0.6 is 0 Å². The normalized spacial score (nSPS) is 12.6. The highest BCUT2D eigenvalue weighted by atomic mass is 16.2. The second kappa shape index (κ2) is 10.7. The lowest BCUT2D eigenvalue weighted by molar-refractivity contribution is 0.0750. The zero-order chi connectivity index (χ0) is 26.8. The molecule has 4 aromatic rings. The molecular weight excluding hydrogens is 476 g/mol. The lowest BCUT2D eigenvalue weighted by Gasteiger charge is -2.25. The SMILES string of the molecule is CCN(C)CCN(CC)C(=O)c1ccc(Nc2ccc(-c3ccc4c(c3)CNC4=O)n3ccnc23)cc1C. The fourth-order valence-electron chi connectivity index (χ4n) is 4.90. The van der Waals surface area contributed by atoms with Crippen molar-refractivity contribution < 1.29 is 9.59 Å². The van der Waals surface area contributed by atoms with Crippen molar-refractivity contribution in [2.75, 3.05) is 38.5 Å². The highest BCUT2D eigenvalue weighted by molar-refractivity contribution is 5.99. The van der Waals surface area contributed by atoms with Gasteiger partial charge in [0.05, 0.1) is 11.4 Å². The molecule has 0 atom stereocenters. The summed E-state index contributed by atoms with van der Waals surface area (Å²) in [5.74, 6) is 0.0423. The Morgan fingerprint density at radius 3 is 2.68 bits per heavy atom. The van der Waals surface area contributed by atoms with Crippen LogP contribution in [-0.2, 0) is 6.54 Å². The van der Waals surface area contributed by atoms with Gasteiger partial charge in [0.1, 0.15) is 0 Å². The number of rotatable bonds is 9. The van der Waals surface area contributed by atoms with Crippen molar-refractivity contribution in [3.05, 3.63) is 83.2 Å². The molecule has 2 aromatic carbocycles. The van der Waals surface area contributed by atoms with Crippen molar-refractivity contribution in [3.8, 4) is 11.3 Å². The summed E-state index contributed by atoms with van der Waals surface area (Å²) in [5.41, 5.74) is 7.98. The fourth-order valence-corrected chi connectivity index (χ4v) is 4.90. The Hall–Kier alpha value is -4.17. The molecule has 2 aromatic heterocycles. The molecular formula is C30H34N6O2. The number of aromatic nitrogens is 2. The molecule has 0 spiro atoms. The third-order valence-corrected chi connectivity index (χ3v) is 7.33. The summed E-state index contributed by atoms with van der Waals surface area (Å²) in [6, 6.07) is 15.9. The van der Waals surface area contributed by atoms with Crippen LogP contribution in [0.25, 0.3) is 16.9 Å². The maximum atomic E-state index is 13.2. The van der Waals surface area contributed by atoms with E-state index in [1.165, 1.54) is 0 Å². The molecule has 196 valence electrons. The first-order valence-corrected chi connectivity index (χ1v) is 13.1. The van der Waals surface area contributed by atoms with Crippen molar-refractivity contribution in [3.63, 3.8) is 0 Å². The number of anilines is 2. The van der Waals surface area contributed by atoms with Crippen molar-refractivity contribution >= 4 is 28.8 Å². The number of nitrogens with zero attached hydrogens (tertiary/aromatic N) is 4. The Balaban J connectivity index is 1.37. The highest BCUT2D eigenvalue weighted by Crippen LogP contribution is 2.30. The summed E-state index contributed by atoms with van der Waals surface area (Å²) in [6.45, 7) is 9.87. The van der Waals surface area contributed by atoms with Crippen molar-refractivity contribution in [2.45, 2.75) is 27.3 Å². The molecule has 0 unspecified atom stereocenters. The van der Waals surface area contributed by atoms with Gasteiger partial charge in [0.25, 0.3) is 11.8 Å². The third-order valence-electron chi connectivity index (χ3n) is 7.33. The van der Waals surface area contributed by atoms with Gasteiger partial charge in [-0.3, -0.25) is 14.0 Å². The van der Waals surface area contributed by atoms with Crippen molar-refractivity contribution in [2.24, 2.45) is 0 Å². The standard InChI is InChI=1S/C30H34N6O2/c1-5-34(4)15-16-35(6-2)30(38)24-10-8-23(17-20(24)3)33-26-11-12-27(36-14-13-31-28(26)36)21-7-9-25-22(18-21)19-32-29(25)37/h7-14,17-18,33H,5-6,15-16,19H2,1-4H3,(H,32,37). The number of fused-ring (bicyclic) bond motifs is 2. The molecule has 0 bridgehead atoms. The first kappa shape index (κ1) is 25.5. The average Bonchev–Trinajstić information content (AvgIpc) is 3.56. The number of benzene rings is 2. The molecule has 2 amide bonds. The van der Waals surface area contributed by atoms with Crippen LogP contribution in [0, 0.1) is 6.92 Å². The van der Waals surface area contributed by atoms with E-state index < -0.39 is 0 Å². The highest BCUT2D eigenvalue weighted by Gasteiger charge is 2.20. The van der Waals surface area contributed by atoms with E-state index in [2.05, 4.69) is 46.6 Å². The molecule has 8 nitrogen and oxygen atoms in total. The Bertz CT molecular complexity index is 1510. The second-order valence-corrected chi connectivity index (χ2v) is 9.74. The lowest BCUT2D eigenvalue weighted by atomic mass is 10.0. The number of hydrogen-bond acceptors (Lipinski definition) is 5. The van der Waals surface area contributed by atoms with E-state index in [-0.39, 0.29) is 11.8 Å². The van der Waals surface area contributed by atoms with Crippen LogP contribution in [-0.4, -0.2) is 64.2 Å². The second-order valence-electron chi connectivity index (χ2n) is 9.74. The van der Waals surface area contributed by atoms with Gasteiger partial charge >= 0.3 is 0 Å². The van der Waals surface area contributed by atoms with Gasteiger partial charge in [-0.2, -0.15) is 0 Å². The smallest absolute Gasteiger partial charge is 0.254 e. The summed E-state index contributed by atoms with van der Waals surface area (Å²) >= 11 is 0. The van der Waals surface area contributed by atoms with Gasteiger partial charge in [-0.25, -0.2) is 4.98 Å². The first-order valence-electron chi connectivity index (χ1n) is 13.1. The Labute approximate surface area is 223 Å². The molecule has 8 heteroatoms. The maximum Gasteiger partial charge on any atom is 0.254 e. The lowest BCUT2D eigenvalue weighted by Crippen LogP contribution is -2.37. The predicted molar refractivity (Wildman–Crippen MR) is 151 cm³/mol. The van der Waals surface area contributed by atoms with Gasteiger partial charge in [0, 0.05) is 55.4 Å². The molecule has 1 aliphatic rings. The Morgan fingerprint density at radius 2 is 1.92 bits per heavy atom. The van der Waals surface area contributed by atoms with Crippen LogP contribution in [0.1, 0.15) is 45.7 Å². The maximum absolute atomic E-state index is 13.2. The molecule has 38 heavy (non-hydrogen) atoms. The minimum absolute atomic E-state index is 0.0200. The number of carbonyl (C=O) groups is 2. The minimum atomic E-state index is -0.0200. The zero-order valence-corrected chi connectivity index (χ0v) is 22.4. The molecule has 0 saturated carbocycles. The van der Waals surface area contributed by atoms with Crippen LogP contribution in [0.15, 0.2) is 60.9 Å². The number of carbonyl (C=O) groups excluding carboxylic acids is 2. The summed E-state index contributed by atoms with van der Waals surface area (Å²) in [4.78, 5) is 33.9. The molecule has 0 saturated heterocycles. The van der Waals surface area contributed by atoms with E-state index >= 15 is 0 Å². The summed E-state index contributed by atoms with van der Waals surface area (Å²) in [6.07, 6.45) is 3.72. The van der Waals surface area contributed by atoms with Crippen molar-refractivity contribution in [1.29, 1.82) is 0 Å². The van der Waals surface area contributed by atoms with Crippen LogP contribution in [0.3, 0.4) is 0 Å². The van der Waals surface area contributed by atoms with Gasteiger partial charge in [-0.1, -0.05) is 13.0 Å². The monoisotopic (exact) mass is 510 g/mol. The molecule has 1 aliphatic heterocycles. The van der Waals surface area contributed by atoms with E-state index in [0.29, 0.717) is 19.6 Å². The fraction of sp³-hybridized carbons (Fsp3) is 0.300. The van der Waals surface area contributed by atoms with E-state index in [1.54, 1.807) is 6.20 Å². The van der Waals surface area contributed by atoms with Crippen LogP contribution in [0.2, 0.25) is 0 Å². The van der Waals surface area contributed by atoms with Crippen LogP contribution < -0.4 is 10.6 Å². The molecule has 0 aliphatic carbocycles. The summed E-state index contributed by atoms with van der Waals surface area (Å²) in [7, 11) is 2.07. The molecule has 3 heterocycles. The van der Waals surface area contributed by atoms with E-state index in [9.17, 15) is 9.59 Å². The number of nitrogens with one attached hydrogen (secondary N) is 2. The largest absolute Gasteiger partial charge is 0.352 e. The topological polar surface area (TPSA) is 82.0 Å². The number of pyridine rings is 1. The number of amides is 2. The summed E-state index contributed by atoms with van der Waals surface area (Å²) in [5, 5.41) is 6.36. The quantitative estimate of drug-likeness (QED) is 0.341. The van der Waals surface area contributed by atoms with Crippen molar-refractivity contribution in [1.82, 2.24) is 24.5 Å². The number of aryl methyl sites for hydroxylation is 1. The van der Waals surface area contributed by atoms with Gasteiger partial charge in [-0.15, -0.1) is 0 Å². The van der Waals surface area contributed by atoms with Crippen LogP contribution in [0.4, 0.5) is 11.4 Å². The first-order chi connectivity index (χ1) is 18.4. The van der Waals surface area contributed by atoms with Gasteiger partial charge in [-0.05, 0) is 86.6 Å². The van der Waals surface area contributed by atoms with Gasteiger partial charge in [0.15, 0.2) is 5.65 Å². The number of hydrogen-bond donors (Lipinski definition) is 2. The molecule has 5 rings (SSSR count). The van der Waals surface area contributed by atoms with Crippen LogP contribution in [0.5, 0.6) is 0 Å². The summed E-state index contributed by atoms with van der Waals surface area (Å²) < 4.78 is 2.05. The number of likely N-dealkylation sites (N-methyl/N-ethyl adjacent to an activating group) is 2. The molecule has 0 fully saturated rings. The van der Waals surface area contributed by atoms with Gasteiger partial charge in [0.2, 0.25) is 0 Å². The predicted octanol–water partition coefficient (Wildman–Crippen LogP) is 4.71. The van der Waals surface area contributed by atoms with Gasteiger partial charge < -0.3 is 20.4 Å². The third kappa shape index (κ3) is 4.87. The Morgan fingerprint density at radius 1 is 1.08 bits per heavy atom. The molecule has 2 N–H and O–H groups in total. The van der Waals surface area contributed by atoms with E-state index in [1.807, 2.05) is 65.7 Å². The van der Waals surface area contributed by atoms with E-state index in [0.717, 1.165) is 63.6 Å². The molecule has 0 radical (unpaired) electrons. The van der Waals surface area contributed by atoms with E-state index in [4.69, 9.17) is 0 Å². The minimum Gasteiger partial charge on any atom is -0.352 e. The Kier molecular flexibility index (Phi) is 7.15. The number of imidazole rings is 1. The zero-order valence-electron chi connectivity index (χ0n) is 22.4. The average molecular weight is 511 g/mol.